The first-order valence-corrected chi connectivity index (χ1v) is 7.09. The molecule has 2 aliphatic heterocycles. The third kappa shape index (κ3) is 2.64. The van der Waals surface area contributed by atoms with Crippen LogP contribution in [-0.4, -0.2) is 61.4 Å². The minimum atomic E-state index is -0.193. The van der Waals surface area contributed by atoms with Gasteiger partial charge in [-0.1, -0.05) is 11.6 Å². The Morgan fingerprint density at radius 3 is 2.40 bits per heavy atom. The number of aliphatic imine (C=N–C) groups is 1. The zero-order chi connectivity index (χ0) is 14.1. The van der Waals surface area contributed by atoms with Gasteiger partial charge in [0.2, 0.25) is 0 Å². The molecule has 1 aromatic rings. The highest BCUT2D eigenvalue weighted by molar-refractivity contribution is 6.30. The van der Waals surface area contributed by atoms with Crippen molar-refractivity contribution in [2.24, 2.45) is 4.99 Å². The molecule has 2 aliphatic rings. The van der Waals surface area contributed by atoms with Crippen molar-refractivity contribution < 1.29 is 4.79 Å². The number of nitrogens with zero attached hydrogens (tertiary/aromatic N) is 4. The summed E-state index contributed by atoms with van der Waals surface area (Å²) in [6.45, 7) is 4.42. The monoisotopic (exact) mass is 292 g/mol. The topological polar surface area (TPSA) is 39.1 Å². The maximum Gasteiger partial charge on any atom is 0.350 e. The molecule has 0 unspecified atom stereocenters. The van der Waals surface area contributed by atoms with Crippen LogP contribution >= 0.6 is 11.6 Å². The summed E-state index contributed by atoms with van der Waals surface area (Å²) < 4.78 is 0. The van der Waals surface area contributed by atoms with E-state index in [2.05, 4.69) is 21.8 Å². The van der Waals surface area contributed by atoms with E-state index in [-0.39, 0.29) is 6.03 Å². The van der Waals surface area contributed by atoms with Gasteiger partial charge in [-0.3, -0.25) is 4.90 Å². The zero-order valence-corrected chi connectivity index (χ0v) is 12.2. The lowest BCUT2D eigenvalue weighted by Crippen LogP contribution is -2.48. The Kier molecular flexibility index (Phi) is 3.63. The molecule has 2 amide bonds. The summed E-state index contributed by atoms with van der Waals surface area (Å²) in [6.07, 6.45) is 0. The molecular formula is C14H17ClN4O. The van der Waals surface area contributed by atoms with Crippen molar-refractivity contribution in [1.29, 1.82) is 0 Å². The fraction of sp³-hybridized carbons (Fsp3) is 0.429. The number of likely N-dealkylation sites (N-methyl/N-ethyl adjacent to an activating group) is 1. The van der Waals surface area contributed by atoms with E-state index < -0.39 is 0 Å². The number of amides is 2. The molecule has 2 heterocycles. The highest BCUT2D eigenvalue weighted by Gasteiger charge is 2.29. The predicted molar refractivity (Wildman–Crippen MR) is 80.7 cm³/mol. The smallest absolute Gasteiger partial charge is 0.350 e. The summed E-state index contributed by atoms with van der Waals surface area (Å²) in [4.78, 5) is 22.4. The van der Waals surface area contributed by atoms with Crippen molar-refractivity contribution >= 4 is 29.2 Å². The van der Waals surface area contributed by atoms with Crippen molar-refractivity contribution in [3.8, 4) is 0 Å². The van der Waals surface area contributed by atoms with Gasteiger partial charge in [-0.25, -0.2) is 4.79 Å². The minimum absolute atomic E-state index is 0.193. The highest BCUT2D eigenvalue weighted by Crippen LogP contribution is 2.22. The Labute approximate surface area is 123 Å². The van der Waals surface area contributed by atoms with Crippen LogP contribution in [0.25, 0.3) is 0 Å². The van der Waals surface area contributed by atoms with E-state index in [9.17, 15) is 4.79 Å². The summed E-state index contributed by atoms with van der Waals surface area (Å²) in [5, 5.41) is 0.667. The first-order valence-electron chi connectivity index (χ1n) is 6.71. The van der Waals surface area contributed by atoms with E-state index in [0.717, 1.165) is 37.7 Å². The van der Waals surface area contributed by atoms with Gasteiger partial charge >= 0.3 is 6.03 Å². The third-order valence-corrected chi connectivity index (χ3v) is 4.01. The van der Waals surface area contributed by atoms with Crippen LogP contribution < -0.4 is 4.90 Å². The van der Waals surface area contributed by atoms with Crippen LogP contribution in [0.5, 0.6) is 0 Å². The van der Waals surface area contributed by atoms with Crippen LogP contribution in [0.3, 0.4) is 0 Å². The lowest BCUT2D eigenvalue weighted by molar-refractivity contribution is 0.214. The molecule has 0 bridgehead atoms. The van der Waals surface area contributed by atoms with Crippen LogP contribution in [-0.2, 0) is 0 Å². The quantitative estimate of drug-likeness (QED) is 0.794. The number of rotatable bonds is 1. The van der Waals surface area contributed by atoms with E-state index in [1.807, 2.05) is 12.1 Å². The lowest BCUT2D eigenvalue weighted by atomic mass is 10.3. The second-order valence-electron chi connectivity index (χ2n) is 5.16. The third-order valence-electron chi connectivity index (χ3n) is 3.76. The summed E-state index contributed by atoms with van der Waals surface area (Å²) in [6, 6.07) is 7.09. The Morgan fingerprint density at radius 2 is 1.75 bits per heavy atom. The number of hydrogen-bond donors (Lipinski definition) is 0. The number of hydrogen-bond acceptors (Lipinski definition) is 3. The molecule has 0 atom stereocenters. The highest BCUT2D eigenvalue weighted by atomic mass is 35.5. The van der Waals surface area contributed by atoms with Crippen LogP contribution in [0.4, 0.5) is 10.5 Å². The van der Waals surface area contributed by atoms with Crippen LogP contribution in [0.1, 0.15) is 0 Å². The molecule has 0 aromatic heterocycles. The molecule has 0 spiro atoms. The number of amidine groups is 1. The van der Waals surface area contributed by atoms with E-state index in [1.54, 1.807) is 17.0 Å². The van der Waals surface area contributed by atoms with Crippen molar-refractivity contribution in [2.75, 3.05) is 44.7 Å². The molecule has 20 heavy (non-hydrogen) atoms. The van der Waals surface area contributed by atoms with E-state index >= 15 is 0 Å². The number of halogens is 1. The van der Waals surface area contributed by atoms with Crippen LogP contribution in [0.2, 0.25) is 5.02 Å². The number of carbonyl (C=O) groups excluding carboxylic acids is 1. The number of carbonyl (C=O) groups is 1. The van der Waals surface area contributed by atoms with Crippen molar-refractivity contribution in [3.05, 3.63) is 29.3 Å². The SMILES string of the molecule is CN1CCN(C2=NC(=O)N(c3ccc(Cl)cc3)C2)CC1. The first-order chi connectivity index (χ1) is 9.63. The maximum absolute atomic E-state index is 12.0. The van der Waals surface area contributed by atoms with Gasteiger partial charge in [0.15, 0.2) is 0 Å². The van der Waals surface area contributed by atoms with Gasteiger partial charge in [0.25, 0.3) is 0 Å². The van der Waals surface area contributed by atoms with Gasteiger partial charge < -0.3 is 9.80 Å². The second-order valence-corrected chi connectivity index (χ2v) is 5.60. The molecular weight excluding hydrogens is 276 g/mol. The standard InChI is InChI=1S/C14H17ClN4O/c1-17-6-8-18(9-7-17)13-10-19(14(20)16-13)12-4-2-11(15)3-5-12/h2-5H,6-10H2,1H3. The van der Waals surface area contributed by atoms with Crippen molar-refractivity contribution in [1.82, 2.24) is 9.80 Å². The lowest BCUT2D eigenvalue weighted by Gasteiger charge is -2.33. The van der Waals surface area contributed by atoms with Crippen LogP contribution in [0.15, 0.2) is 29.3 Å². The van der Waals surface area contributed by atoms with Gasteiger partial charge in [0.05, 0.1) is 6.54 Å². The molecule has 6 heteroatoms. The average molecular weight is 293 g/mol. The fourth-order valence-electron chi connectivity index (χ4n) is 2.47. The van der Waals surface area contributed by atoms with E-state index in [0.29, 0.717) is 11.6 Å². The number of anilines is 1. The molecule has 0 aliphatic carbocycles. The number of urea groups is 1. The molecule has 1 aromatic carbocycles. The van der Waals surface area contributed by atoms with E-state index in [4.69, 9.17) is 11.6 Å². The van der Waals surface area contributed by atoms with Gasteiger partial charge in [-0.2, -0.15) is 4.99 Å². The van der Waals surface area contributed by atoms with Crippen LogP contribution in [0, 0.1) is 0 Å². The molecule has 1 saturated heterocycles. The number of piperazine rings is 1. The fourth-order valence-corrected chi connectivity index (χ4v) is 2.60. The number of benzene rings is 1. The normalized spacial score (nSPS) is 20.5. The molecule has 0 saturated carbocycles. The molecule has 1 fully saturated rings. The second kappa shape index (κ2) is 5.42. The van der Waals surface area contributed by atoms with Gasteiger partial charge in [0.1, 0.15) is 5.84 Å². The largest absolute Gasteiger partial charge is 0.356 e. The molecule has 0 radical (unpaired) electrons. The van der Waals surface area contributed by atoms with Crippen molar-refractivity contribution in [3.63, 3.8) is 0 Å². The Balaban J connectivity index is 1.70. The first kappa shape index (κ1) is 13.4. The predicted octanol–water partition coefficient (Wildman–Crippen LogP) is 1.93. The van der Waals surface area contributed by atoms with Gasteiger partial charge in [-0.15, -0.1) is 0 Å². The molecule has 5 nitrogen and oxygen atoms in total. The van der Waals surface area contributed by atoms with Crippen molar-refractivity contribution in [2.45, 2.75) is 0 Å². The molecule has 0 N–H and O–H groups in total. The summed E-state index contributed by atoms with van der Waals surface area (Å²) in [7, 11) is 2.11. The Hall–Kier alpha value is -1.59. The summed E-state index contributed by atoms with van der Waals surface area (Å²) in [5.41, 5.74) is 0.840. The summed E-state index contributed by atoms with van der Waals surface area (Å²) in [5.74, 6) is 0.873. The average Bonchev–Trinajstić information content (AvgIpc) is 2.82. The van der Waals surface area contributed by atoms with E-state index in [1.165, 1.54) is 0 Å². The maximum atomic E-state index is 12.0. The molecule has 106 valence electrons. The summed E-state index contributed by atoms with van der Waals surface area (Å²) >= 11 is 5.87. The molecule has 3 rings (SSSR count). The van der Waals surface area contributed by atoms with Gasteiger partial charge in [0, 0.05) is 36.9 Å². The minimum Gasteiger partial charge on any atom is -0.356 e. The zero-order valence-electron chi connectivity index (χ0n) is 11.4. The Morgan fingerprint density at radius 1 is 1.10 bits per heavy atom. The van der Waals surface area contributed by atoms with Gasteiger partial charge in [-0.05, 0) is 31.3 Å². The Bertz CT molecular complexity index is 535.